The van der Waals surface area contributed by atoms with Crippen molar-refractivity contribution >= 4 is 27.5 Å². The average Bonchev–Trinajstić information content (AvgIpc) is 2.34. The topological polar surface area (TPSA) is 12.0 Å². The molecule has 1 nitrogen and oxygen atoms in total. The minimum Gasteiger partial charge on any atom is -0.313 e. The predicted octanol–water partition coefficient (Wildman–Crippen LogP) is 4.91. The van der Waals surface area contributed by atoms with Gasteiger partial charge in [-0.05, 0) is 61.3 Å². The number of likely N-dealkylation sites (N-methyl/N-ethyl adjacent to an activating group) is 1. The van der Waals surface area contributed by atoms with Crippen molar-refractivity contribution in [3.63, 3.8) is 0 Å². The minimum atomic E-state index is 0.270. The summed E-state index contributed by atoms with van der Waals surface area (Å²) < 4.78 is 1.11. The molecule has 0 aliphatic heterocycles. The molecule has 1 unspecified atom stereocenters. The van der Waals surface area contributed by atoms with Crippen LogP contribution < -0.4 is 5.32 Å². The Bertz CT molecular complexity index is 548. The highest BCUT2D eigenvalue weighted by atomic mass is 79.9. The number of benzene rings is 2. The Balaban J connectivity index is 2.24. The van der Waals surface area contributed by atoms with E-state index in [1.165, 1.54) is 16.7 Å². The van der Waals surface area contributed by atoms with Gasteiger partial charge >= 0.3 is 0 Å². The van der Waals surface area contributed by atoms with Crippen LogP contribution in [0.5, 0.6) is 0 Å². The number of nitrogens with one attached hydrogen (secondary N) is 1. The molecule has 0 heterocycles. The molecule has 1 atom stereocenters. The fourth-order valence-corrected chi connectivity index (χ4v) is 3.00. The van der Waals surface area contributed by atoms with Crippen molar-refractivity contribution in [1.82, 2.24) is 5.32 Å². The van der Waals surface area contributed by atoms with E-state index in [1.807, 2.05) is 25.2 Å². The summed E-state index contributed by atoms with van der Waals surface area (Å²) in [4.78, 5) is 0. The van der Waals surface area contributed by atoms with Crippen LogP contribution in [-0.2, 0) is 6.42 Å². The number of halogens is 2. The molecule has 0 spiro atoms. The molecular formula is C16H17BrClN. The number of hydrogen-bond acceptors (Lipinski definition) is 1. The van der Waals surface area contributed by atoms with Crippen molar-refractivity contribution < 1.29 is 0 Å². The maximum atomic E-state index is 6.14. The van der Waals surface area contributed by atoms with Crippen molar-refractivity contribution in [1.29, 1.82) is 0 Å². The standard InChI is InChI=1S/C16H17BrClN/c1-11-6-13(10-15(18)7-11)16(19-2)9-12-4-3-5-14(17)8-12/h3-8,10,16,19H,9H2,1-2H3. The summed E-state index contributed by atoms with van der Waals surface area (Å²) in [5, 5.41) is 4.16. The van der Waals surface area contributed by atoms with E-state index in [1.54, 1.807) is 0 Å². The molecular weight excluding hydrogens is 322 g/mol. The Morgan fingerprint density at radius 2 is 2.00 bits per heavy atom. The van der Waals surface area contributed by atoms with Gasteiger partial charge in [-0.2, -0.15) is 0 Å². The van der Waals surface area contributed by atoms with Crippen LogP contribution in [0.15, 0.2) is 46.9 Å². The van der Waals surface area contributed by atoms with Gasteiger partial charge < -0.3 is 5.32 Å². The zero-order valence-electron chi connectivity index (χ0n) is 11.1. The Morgan fingerprint density at radius 1 is 1.21 bits per heavy atom. The van der Waals surface area contributed by atoms with Crippen molar-refractivity contribution in [3.05, 3.63) is 68.7 Å². The lowest BCUT2D eigenvalue weighted by Crippen LogP contribution is -2.19. The molecule has 100 valence electrons. The second-order valence-electron chi connectivity index (χ2n) is 4.74. The van der Waals surface area contributed by atoms with Gasteiger partial charge in [0.2, 0.25) is 0 Å². The number of rotatable bonds is 4. The molecule has 0 fully saturated rings. The summed E-state index contributed by atoms with van der Waals surface area (Å²) in [7, 11) is 1.99. The van der Waals surface area contributed by atoms with Gasteiger partial charge in [0, 0.05) is 15.5 Å². The molecule has 0 aliphatic rings. The largest absolute Gasteiger partial charge is 0.313 e. The number of aryl methyl sites for hydroxylation is 1. The highest BCUT2D eigenvalue weighted by Crippen LogP contribution is 2.24. The van der Waals surface area contributed by atoms with Gasteiger partial charge in [0.05, 0.1) is 0 Å². The third-order valence-corrected chi connectivity index (χ3v) is 3.86. The third kappa shape index (κ3) is 4.07. The van der Waals surface area contributed by atoms with Crippen molar-refractivity contribution in [2.45, 2.75) is 19.4 Å². The molecule has 3 heteroatoms. The predicted molar refractivity (Wildman–Crippen MR) is 85.8 cm³/mol. The first-order chi connectivity index (χ1) is 9.08. The van der Waals surface area contributed by atoms with Gasteiger partial charge in [-0.15, -0.1) is 0 Å². The molecule has 2 rings (SSSR count). The smallest absolute Gasteiger partial charge is 0.0411 e. The van der Waals surface area contributed by atoms with Crippen molar-refractivity contribution in [3.8, 4) is 0 Å². The van der Waals surface area contributed by atoms with Crippen LogP contribution in [-0.4, -0.2) is 7.05 Å². The quantitative estimate of drug-likeness (QED) is 0.835. The summed E-state index contributed by atoms with van der Waals surface area (Å²) in [5.41, 5.74) is 3.72. The second kappa shape index (κ2) is 6.56. The molecule has 2 aromatic carbocycles. The highest BCUT2D eigenvalue weighted by Gasteiger charge is 2.11. The molecule has 0 bridgehead atoms. The molecule has 2 aromatic rings. The van der Waals surface area contributed by atoms with E-state index in [0.29, 0.717) is 0 Å². The average molecular weight is 339 g/mol. The van der Waals surface area contributed by atoms with E-state index < -0.39 is 0 Å². The lowest BCUT2D eigenvalue weighted by atomic mass is 9.98. The second-order valence-corrected chi connectivity index (χ2v) is 6.09. The normalized spacial score (nSPS) is 12.4. The molecule has 0 saturated heterocycles. The van der Waals surface area contributed by atoms with E-state index in [4.69, 9.17) is 11.6 Å². The zero-order valence-corrected chi connectivity index (χ0v) is 13.4. The summed E-state index contributed by atoms with van der Waals surface area (Å²) in [6.45, 7) is 2.07. The molecule has 0 aliphatic carbocycles. The van der Waals surface area contributed by atoms with Gasteiger partial charge in [0.1, 0.15) is 0 Å². The first-order valence-electron chi connectivity index (χ1n) is 6.27. The van der Waals surface area contributed by atoms with E-state index in [9.17, 15) is 0 Å². The Labute approximate surface area is 128 Å². The number of hydrogen-bond donors (Lipinski definition) is 1. The summed E-state index contributed by atoms with van der Waals surface area (Å²) in [5.74, 6) is 0. The van der Waals surface area contributed by atoms with Crippen LogP contribution in [0.1, 0.15) is 22.7 Å². The van der Waals surface area contributed by atoms with Gasteiger partial charge in [-0.25, -0.2) is 0 Å². The van der Waals surface area contributed by atoms with Crippen LogP contribution in [0.25, 0.3) is 0 Å². The first-order valence-corrected chi connectivity index (χ1v) is 7.44. The fourth-order valence-electron chi connectivity index (χ4n) is 2.25. The van der Waals surface area contributed by atoms with Crippen LogP contribution >= 0.6 is 27.5 Å². The van der Waals surface area contributed by atoms with Gasteiger partial charge in [-0.3, -0.25) is 0 Å². The lowest BCUT2D eigenvalue weighted by molar-refractivity contribution is 0.591. The van der Waals surface area contributed by atoms with Crippen LogP contribution in [0.2, 0.25) is 5.02 Å². The first kappa shape index (κ1) is 14.6. The van der Waals surface area contributed by atoms with E-state index in [0.717, 1.165) is 15.9 Å². The van der Waals surface area contributed by atoms with Gasteiger partial charge in [0.25, 0.3) is 0 Å². The fraction of sp³-hybridized carbons (Fsp3) is 0.250. The maximum Gasteiger partial charge on any atom is 0.0411 e. The van der Waals surface area contributed by atoms with Crippen LogP contribution in [0, 0.1) is 6.92 Å². The van der Waals surface area contributed by atoms with E-state index in [-0.39, 0.29) is 6.04 Å². The van der Waals surface area contributed by atoms with Crippen LogP contribution in [0.3, 0.4) is 0 Å². The Hall–Kier alpha value is -0.830. The molecule has 0 amide bonds. The Kier molecular flexibility index (Phi) is 5.03. The zero-order chi connectivity index (χ0) is 13.8. The van der Waals surface area contributed by atoms with Gasteiger partial charge in [0.15, 0.2) is 0 Å². The molecule has 0 aromatic heterocycles. The summed E-state index contributed by atoms with van der Waals surface area (Å²) in [6.07, 6.45) is 0.940. The van der Waals surface area contributed by atoms with Crippen LogP contribution in [0.4, 0.5) is 0 Å². The maximum absolute atomic E-state index is 6.14. The third-order valence-electron chi connectivity index (χ3n) is 3.14. The molecule has 0 saturated carbocycles. The lowest BCUT2D eigenvalue weighted by Gasteiger charge is -2.18. The van der Waals surface area contributed by atoms with Crippen molar-refractivity contribution in [2.75, 3.05) is 7.05 Å². The van der Waals surface area contributed by atoms with Gasteiger partial charge in [-0.1, -0.05) is 45.7 Å². The van der Waals surface area contributed by atoms with E-state index >= 15 is 0 Å². The monoisotopic (exact) mass is 337 g/mol. The van der Waals surface area contributed by atoms with E-state index in [2.05, 4.69) is 52.4 Å². The molecule has 1 N–H and O–H groups in total. The molecule has 19 heavy (non-hydrogen) atoms. The van der Waals surface area contributed by atoms with Crippen molar-refractivity contribution in [2.24, 2.45) is 0 Å². The highest BCUT2D eigenvalue weighted by molar-refractivity contribution is 9.10. The summed E-state index contributed by atoms with van der Waals surface area (Å²) >= 11 is 9.66. The summed E-state index contributed by atoms with van der Waals surface area (Å²) in [6, 6.07) is 14.9. The Morgan fingerprint density at radius 3 is 2.63 bits per heavy atom. The SMILES string of the molecule is CNC(Cc1cccc(Br)c1)c1cc(C)cc(Cl)c1. The minimum absolute atomic E-state index is 0.270. The molecule has 0 radical (unpaired) electrons.